The monoisotopic (exact) mass is 268 g/mol. The number of hydrazine groups is 1. The van der Waals surface area contributed by atoms with Gasteiger partial charge in [-0.2, -0.15) is 0 Å². The van der Waals surface area contributed by atoms with E-state index in [1.807, 2.05) is 26.0 Å². The van der Waals surface area contributed by atoms with Crippen molar-refractivity contribution in [2.75, 3.05) is 5.43 Å². The Hall–Kier alpha value is -1.17. The van der Waals surface area contributed by atoms with Gasteiger partial charge in [0.25, 0.3) is 0 Å². The van der Waals surface area contributed by atoms with Crippen molar-refractivity contribution in [3.63, 3.8) is 0 Å². The van der Waals surface area contributed by atoms with Gasteiger partial charge in [-0.3, -0.25) is 0 Å². The second kappa shape index (κ2) is 5.00. The molecule has 0 saturated carbocycles. The van der Waals surface area contributed by atoms with Gasteiger partial charge in [0.2, 0.25) is 0 Å². The lowest BCUT2D eigenvalue weighted by atomic mass is 10.1. The van der Waals surface area contributed by atoms with Crippen LogP contribution in [-0.2, 0) is 6.42 Å². The Bertz CT molecular complexity index is 538. The van der Waals surface area contributed by atoms with E-state index in [2.05, 4.69) is 15.4 Å². The van der Waals surface area contributed by atoms with Crippen LogP contribution in [0, 0.1) is 6.92 Å². The van der Waals surface area contributed by atoms with Gasteiger partial charge in [-0.05, 0) is 25.5 Å². The molecule has 2 aromatic heterocycles. The summed E-state index contributed by atoms with van der Waals surface area (Å²) >= 11 is 7.36. The zero-order valence-electron chi connectivity index (χ0n) is 9.62. The molecule has 0 radical (unpaired) electrons. The molecule has 2 rings (SSSR count). The molecule has 3 N–H and O–H groups in total. The van der Waals surface area contributed by atoms with Gasteiger partial charge in [0, 0.05) is 11.3 Å². The smallest absolute Gasteiger partial charge is 0.171 e. The number of aromatic nitrogens is 2. The van der Waals surface area contributed by atoms with Crippen LogP contribution >= 0.6 is 22.9 Å². The van der Waals surface area contributed by atoms with E-state index in [4.69, 9.17) is 17.4 Å². The fourth-order valence-electron chi connectivity index (χ4n) is 1.68. The summed E-state index contributed by atoms with van der Waals surface area (Å²) < 4.78 is 0.725. The summed E-state index contributed by atoms with van der Waals surface area (Å²) in [4.78, 5) is 9.83. The van der Waals surface area contributed by atoms with Gasteiger partial charge < -0.3 is 5.43 Å². The summed E-state index contributed by atoms with van der Waals surface area (Å²) in [6, 6.07) is 3.75. The van der Waals surface area contributed by atoms with E-state index < -0.39 is 0 Å². The quantitative estimate of drug-likeness (QED) is 0.663. The third-order valence-electron chi connectivity index (χ3n) is 2.50. The van der Waals surface area contributed by atoms with E-state index in [0.29, 0.717) is 11.6 Å². The minimum absolute atomic E-state index is 0.657. The van der Waals surface area contributed by atoms with E-state index in [1.165, 1.54) is 11.3 Å². The molecule has 0 spiro atoms. The predicted molar refractivity (Wildman–Crippen MR) is 72.3 cm³/mol. The maximum absolute atomic E-state index is 5.90. The number of nitrogens with zero attached hydrogens (tertiary/aromatic N) is 2. The summed E-state index contributed by atoms with van der Waals surface area (Å²) in [6.07, 6.45) is 0.844. The number of thiophene rings is 1. The molecule has 0 aromatic carbocycles. The van der Waals surface area contributed by atoms with Gasteiger partial charge in [0.05, 0.1) is 9.21 Å². The number of hydrogen-bond acceptors (Lipinski definition) is 5. The zero-order chi connectivity index (χ0) is 12.4. The summed E-state index contributed by atoms with van der Waals surface area (Å²) in [7, 11) is 0. The predicted octanol–water partition coefficient (Wildman–Crippen LogP) is 3.01. The van der Waals surface area contributed by atoms with Gasteiger partial charge in [-0.15, -0.1) is 11.3 Å². The normalized spacial score (nSPS) is 10.6. The molecular formula is C11H13ClN4S. The second-order valence-corrected chi connectivity index (χ2v) is 5.28. The minimum Gasteiger partial charge on any atom is -0.308 e. The van der Waals surface area contributed by atoms with Crippen molar-refractivity contribution < 1.29 is 0 Å². The molecule has 2 aromatic rings. The van der Waals surface area contributed by atoms with Crippen LogP contribution in [0.15, 0.2) is 12.1 Å². The molecule has 0 saturated heterocycles. The summed E-state index contributed by atoms with van der Waals surface area (Å²) in [6.45, 7) is 4.01. The van der Waals surface area contributed by atoms with Crippen LogP contribution in [0.25, 0.3) is 10.7 Å². The largest absolute Gasteiger partial charge is 0.308 e. The Morgan fingerprint density at radius 1 is 1.41 bits per heavy atom. The van der Waals surface area contributed by atoms with Crippen molar-refractivity contribution >= 4 is 28.8 Å². The average molecular weight is 269 g/mol. The van der Waals surface area contributed by atoms with Crippen LogP contribution in [0.3, 0.4) is 0 Å². The van der Waals surface area contributed by atoms with E-state index in [0.717, 1.165) is 26.9 Å². The van der Waals surface area contributed by atoms with Crippen molar-refractivity contribution in [2.45, 2.75) is 20.3 Å². The number of anilines is 1. The maximum atomic E-state index is 5.90. The van der Waals surface area contributed by atoms with E-state index in [1.54, 1.807) is 0 Å². The first-order valence-corrected chi connectivity index (χ1v) is 6.45. The fraction of sp³-hybridized carbons (Fsp3) is 0.273. The zero-order valence-corrected chi connectivity index (χ0v) is 11.2. The first kappa shape index (κ1) is 12.3. The molecule has 6 heteroatoms. The molecule has 0 atom stereocenters. The summed E-state index contributed by atoms with van der Waals surface area (Å²) in [5.74, 6) is 6.82. The van der Waals surface area contributed by atoms with E-state index >= 15 is 0 Å². The number of hydrogen-bond donors (Lipinski definition) is 2. The van der Waals surface area contributed by atoms with Crippen LogP contribution in [-0.4, -0.2) is 9.97 Å². The second-order valence-electron chi connectivity index (χ2n) is 3.56. The number of nitrogens with two attached hydrogens (primary N) is 1. The lowest BCUT2D eigenvalue weighted by Crippen LogP contribution is -2.13. The fourth-order valence-corrected chi connectivity index (χ4v) is 2.66. The molecule has 0 aliphatic heterocycles. The summed E-state index contributed by atoms with van der Waals surface area (Å²) in [5, 5.41) is 0. The number of nitrogens with one attached hydrogen (secondary N) is 1. The van der Waals surface area contributed by atoms with E-state index in [-0.39, 0.29) is 0 Å². The van der Waals surface area contributed by atoms with Gasteiger partial charge in [0.1, 0.15) is 5.82 Å². The van der Waals surface area contributed by atoms with Crippen LogP contribution in [0.2, 0.25) is 4.34 Å². The Labute approximate surface area is 109 Å². The molecule has 17 heavy (non-hydrogen) atoms. The Balaban J connectivity index is 2.53. The molecule has 0 bridgehead atoms. The third-order valence-corrected chi connectivity index (χ3v) is 3.72. The minimum atomic E-state index is 0.657. The van der Waals surface area contributed by atoms with Crippen molar-refractivity contribution in [3.8, 4) is 10.7 Å². The number of nitrogen functional groups attached to an aromatic ring is 1. The molecular weight excluding hydrogens is 256 g/mol. The standard InChI is InChI=1S/C11H13ClN4S/c1-3-7-6(2)14-11(15-10(7)16-13)8-4-5-9(12)17-8/h4-5H,3,13H2,1-2H3,(H,14,15,16). The van der Waals surface area contributed by atoms with Gasteiger partial charge in [-0.1, -0.05) is 18.5 Å². The maximum Gasteiger partial charge on any atom is 0.171 e. The summed E-state index contributed by atoms with van der Waals surface area (Å²) in [5.41, 5.74) is 4.61. The van der Waals surface area contributed by atoms with Crippen molar-refractivity contribution in [1.82, 2.24) is 9.97 Å². The highest BCUT2D eigenvalue weighted by molar-refractivity contribution is 7.19. The Morgan fingerprint density at radius 2 is 2.18 bits per heavy atom. The lowest BCUT2D eigenvalue weighted by Gasteiger charge is -2.10. The average Bonchev–Trinajstić information content (AvgIpc) is 2.74. The number of aryl methyl sites for hydroxylation is 1. The van der Waals surface area contributed by atoms with Crippen LogP contribution in [0.4, 0.5) is 5.82 Å². The molecule has 90 valence electrons. The molecule has 0 aliphatic carbocycles. The Kier molecular flexibility index (Phi) is 3.61. The molecule has 2 heterocycles. The first-order valence-electron chi connectivity index (χ1n) is 5.25. The van der Waals surface area contributed by atoms with Crippen LogP contribution < -0.4 is 11.3 Å². The molecule has 0 fully saturated rings. The van der Waals surface area contributed by atoms with Gasteiger partial charge in [0.15, 0.2) is 5.82 Å². The highest BCUT2D eigenvalue weighted by atomic mass is 35.5. The van der Waals surface area contributed by atoms with Crippen LogP contribution in [0.1, 0.15) is 18.2 Å². The Morgan fingerprint density at radius 3 is 2.71 bits per heavy atom. The van der Waals surface area contributed by atoms with Crippen molar-refractivity contribution in [1.29, 1.82) is 0 Å². The molecule has 0 aliphatic rings. The van der Waals surface area contributed by atoms with Crippen LogP contribution in [0.5, 0.6) is 0 Å². The van der Waals surface area contributed by atoms with Crippen molar-refractivity contribution in [2.24, 2.45) is 5.84 Å². The van der Waals surface area contributed by atoms with Gasteiger partial charge in [-0.25, -0.2) is 15.8 Å². The van der Waals surface area contributed by atoms with Gasteiger partial charge >= 0.3 is 0 Å². The first-order chi connectivity index (χ1) is 8.15. The molecule has 0 amide bonds. The third kappa shape index (κ3) is 2.41. The lowest BCUT2D eigenvalue weighted by molar-refractivity contribution is 0.997. The number of rotatable bonds is 3. The van der Waals surface area contributed by atoms with Crippen molar-refractivity contribution in [3.05, 3.63) is 27.7 Å². The van der Waals surface area contributed by atoms with E-state index in [9.17, 15) is 0 Å². The number of halogens is 1. The molecule has 0 unspecified atom stereocenters. The molecule has 4 nitrogen and oxygen atoms in total. The highest BCUT2D eigenvalue weighted by Gasteiger charge is 2.12. The highest BCUT2D eigenvalue weighted by Crippen LogP contribution is 2.30. The SMILES string of the molecule is CCc1c(C)nc(-c2ccc(Cl)s2)nc1NN. The topological polar surface area (TPSA) is 63.8 Å².